The SMILES string of the molecule is CC[C]([Na])(Oc1cc(C(=O)O)cc(C(=O)O)c1)S(=O)(=O)O.[NaH]. The van der Waals surface area contributed by atoms with Crippen LogP contribution in [0.5, 0.6) is 5.75 Å². The van der Waals surface area contributed by atoms with E-state index in [1.165, 1.54) is 6.92 Å². The number of hydrogen-bond donors (Lipinski definition) is 3. The van der Waals surface area contributed by atoms with E-state index < -0.39 is 24.2 Å². The molecule has 0 heterocycles. The average Bonchev–Trinajstić information content (AvgIpc) is 2.36. The van der Waals surface area contributed by atoms with Crippen LogP contribution in [0.2, 0.25) is 0 Å². The summed E-state index contributed by atoms with van der Waals surface area (Å²) in [5.41, 5.74) is -0.722. The van der Waals surface area contributed by atoms with Gasteiger partial charge in [-0.25, -0.2) is 0 Å². The Balaban J connectivity index is 0.00000441. The molecular weight excluding hydrogens is 338 g/mol. The second kappa shape index (κ2) is 8.11. The zero-order valence-electron chi connectivity index (χ0n) is 11.2. The standard InChI is InChI=1S/C11H11O8S.2Na.H/c1-2-9(20(16,17)18)19-8-4-6(10(12)13)3-7(5-8)11(14)15;;;/h3-5H,2H2,1H3,(H,12,13)(H,14,15)(H,16,17,18);;;. The Morgan fingerprint density at radius 3 is 1.86 bits per heavy atom. The molecule has 112 valence electrons. The molecule has 1 aromatic rings. The van der Waals surface area contributed by atoms with E-state index in [1.54, 1.807) is 0 Å². The second-order valence-corrected chi connectivity index (χ2v) is 8.57. The van der Waals surface area contributed by atoms with Crippen molar-refractivity contribution in [2.75, 3.05) is 0 Å². The zero-order valence-corrected chi connectivity index (χ0v) is 14.0. The molecule has 1 rings (SSSR count). The minimum absolute atomic E-state index is 0. The van der Waals surface area contributed by atoms with Crippen LogP contribution in [-0.2, 0) is 10.1 Å². The molecule has 0 saturated heterocycles. The molecule has 0 radical (unpaired) electrons. The predicted molar refractivity (Wildman–Crippen MR) is 78.5 cm³/mol. The van der Waals surface area contributed by atoms with E-state index in [9.17, 15) is 22.6 Å². The molecular formula is C11H12Na2O8S. The summed E-state index contributed by atoms with van der Waals surface area (Å²) in [7, 11) is -4.53. The fraction of sp³-hybridized carbons (Fsp3) is 0.273. The van der Waals surface area contributed by atoms with Gasteiger partial charge in [0.25, 0.3) is 0 Å². The summed E-state index contributed by atoms with van der Waals surface area (Å²) in [5.74, 6) is -3.02. The number of aromatic carboxylic acids is 2. The van der Waals surface area contributed by atoms with Crippen LogP contribution in [0.1, 0.15) is 34.1 Å². The molecule has 0 fully saturated rings. The number of carboxylic acid groups (broad SMARTS) is 2. The van der Waals surface area contributed by atoms with Crippen LogP contribution in [0.25, 0.3) is 0 Å². The van der Waals surface area contributed by atoms with Gasteiger partial charge in [0, 0.05) is 0 Å². The van der Waals surface area contributed by atoms with Crippen molar-refractivity contribution in [2.24, 2.45) is 0 Å². The summed E-state index contributed by atoms with van der Waals surface area (Å²) in [6.07, 6.45) is -0.0717. The van der Waals surface area contributed by atoms with Crippen LogP contribution < -0.4 is 4.74 Å². The Morgan fingerprint density at radius 1 is 1.18 bits per heavy atom. The predicted octanol–water partition coefficient (Wildman–Crippen LogP) is -0.0666. The molecule has 22 heavy (non-hydrogen) atoms. The zero-order chi connectivity index (χ0) is 16.4. The van der Waals surface area contributed by atoms with Gasteiger partial charge in [0.1, 0.15) is 0 Å². The molecule has 11 heteroatoms. The van der Waals surface area contributed by atoms with E-state index in [-0.39, 0.29) is 80.8 Å². The molecule has 0 saturated carbocycles. The van der Waals surface area contributed by atoms with E-state index in [1.807, 2.05) is 0 Å². The fourth-order valence-corrected chi connectivity index (χ4v) is 2.26. The van der Waals surface area contributed by atoms with Crippen LogP contribution in [0.15, 0.2) is 18.2 Å². The fourth-order valence-electron chi connectivity index (χ4n) is 1.46. The first-order valence-electron chi connectivity index (χ1n) is 5.78. The van der Waals surface area contributed by atoms with Crippen LogP contribution in [0.3, 0.4) is 0 Å². The average molecular weight is 350 g/mol. The van der Waals surface area contributed by atoms with E-state index in [0.717, 1.165) is 18.2 Å². The van der Waals surface area contributed by atoms with Crippen LogP contribution in [0.4, 0.5) is 0 Å². The Labute approximate surface area is 166 Å². The van der Waals surface area contributed by atoms with Crippen LogP contribution in [-0.4, -0.2) is 94.8 Å². The van der Waals surface area contributed by atoms with Crippen molar-refractivity contribution < 1.29 is 37.5 Å². The summed E-state index contributed by atoms with van der Waals surface area (Å²) in [6, 6.07) is 2.93. The van der Waals surface area contributed by atoms with Gasteiger partial charge >= 0.3 is 168 Å². The summed E-state index contributed by atoms with van der Waals surface area (Å²) in [6.45, 7) is 1.47. The van der Waals surface area contributed by atoms with Crippen LogP contribution in [0, 0.1) is 0 Å². The molecule has 1 unspecified atom stereocenters. The number of carboxylic acids is 2. The molecule has 8 nitrogen and oxygen atoms in total. The molecule has 0 aliphatic heterocycles. The third-order valence-electron chi connectivity index (χ3n) is 2.92. The summed E-state index contributed by atoms with van der Waals surface area (Å²) in [4.78, 5) is 21.9. The molecule has 0 aliphatic rings. The molecule has 0 bridgehead atoms. The molecule has 1 aromatic carbocycles. The monoisotopic (exact) mass is 350 g/mol. The normalized spacial score (nSPS) is 13.6. The third-order valence-corrected chi connectivity index (χ3v) is 6.84. The van der Waals surface area contributed by atoms with Gasteiger partial charge < -0.3 is 0 Å². The minimum atomic E-state index is -4.53. The number of hydrogen-bond acceptors (Lipinski definition) is 5. The van der Waals surface area contributed by atoms with E-state index in [0.29, 0.717) is 0 Å². The number of carbonyl (C=O) groups is 2. The first kappa shape index (κ1) is 21.9. The summed E-state index contributed by atoms with van der Waals surface area (Å²) >= 11 is -0.104. The third kappa shape index (κ3) is 5.20. The van der Waals surface area contributed by atoms with Gasteiger partial charge in [-0.15, -0.1) is 0 Å². The Morgan fingerprint density at radius 2 is 1.59 bits per heavy atom. The number of rotatable bonds is 6. The van der Waals surface area contributed by atoms with Crippen molar-refractivity contribution in [2.45, 2.75) is 15.5 Å². The van der Waals surface area contributed by atoms with Gasteiger partial charge in [0.15, 0.2) is 0 Å². The topological polar surface area (TPSA) is 138 Å². The number of ether oxygens (including phenoxy) is 1. The van der Waals surface area contributed by atoms with Crippen molar-refractivity contribution in [1.29, 1.82) is 0 Å². The van der Waals surface area contributed by atoms with Gasteiger partial charge in [-0.3, -0.25) is 0 Å². The van der Waals surface area contributed by atoms with Gasteiger partial charge in [0.05, 0.1) is 0 Å². The molecule has 0 aliphatic carbocycles. The van der Waals surface area contributed by atoms with Crippen molar-refractivity contribution >= 4 is 79.5 Å². The summed E-state index contributed by atoms with van der Waals surface area (Å²) < 4.78 is 35.2. The van der Waals surface area contributed by atoms with Crippen molar-refractivity contribution in [1.82, 2.24) is 0 Å². The quantitative estimate of drug-likeness (QED) is 0.479. The molecule has 0 aromatic heterocycles. The van der Waals surface area contributed by atoms with Gasteiger partial charge in [-0.2, -0.15) is 0 Å². The van der Waals surface area contributed by atoms with Gasteiger partial charge in [-0.05, 0) is 0 Å². The van der Waals surface area contributed by atoms with Gasteiger partial charge in [-0.1, -0.05) is 0 Å². The van der Waals surface area contributed by atoms with Crippen LogP contribution >= 0.6 is 0 Å². The molecule has 1 atom stereocenters. The van der Waals surface area contributed by atoms with Crippen molar-refractivity contribution in [3.8, 4) is 5.75 Å². The Kier molecular flexibility index (Phi) is 8.06. The first-order valence-corrected chi connectivity index (χ1v) is 8.22. The maximum absolute atomic E-state index is 11.4. The number of benzene rings is 1. The second-order valence-electron chi connectivity index (χ2n) is 4.42. The van der Waals surface area contributed by atoms with E-state index >= 15 is 0 Å². The Hall–Kier alpha value is -0.130. The van der Waals surface area contributed by atoms with E-state index in [2.05, 4.69) is 0 Å². The maximum atomic E-state index is 11.4. The van der Waals surface area contributed by atoms with E-state index in [4.69, 9.17) is 14.9 Å². The summed E-state index contributed by atoms with van der Waals surface area (Å²) in [5, 5.41) is 17.8. The van der Waals surface area contributed by atoms with Crippen molar-refractivity contribution in [3.05, 3.63) is 29.3 Å². The molecule has 0 spiro atoms. The Bertz CT molecular complexity index is 655. The molecule has 3 N–H and O–H groups in total. The first-order chi connectivity index (χ1) is 9.50. The van der Waals surface area contributed by atoms with Gasteiger partial charge in [0.2, 0.25) is 0 Å². The van der Waals surface area contributed by atoms with Crippen molar-refractivity contribution in [3.63, 3.8) is 0 Å². The molecule has 0 amide bonds.